The molecule has 0 saturated carbocycles. The van der Waals surface area contributed by atoms with Crippen LogP contribution in [0.2, 0.25) is 0 Å². The van der Waals surface area contributed by atoms with Gasteiger partial charge in [-0.05, 0) is 43.7 Å². The smallest absolute Gasteiger partial charge is 0.406 e. The molecule has 3 heterocycles. The molecule has 0 atom stereocenters. The van der Waals surface area contributed by atoms with Crippen molar-refractivity contribution in [3.8, 4) is 28.1 Å². The van der Waals surface area contributed by atoms with Gasteiger partial charge in [-0.1, -0.05) is 12.1 Å². The van der Waals surface area contributed by atoms with Crippen molar-refractivity contribution in [2.75, 3.05) is 44.7 Å². The molecule has 180 valence electrons. The van der Waals surface area contributed by atoms with Crippen molar-refractivity contribution in [1.29, 1.82) is 0 Å². The van der Waals surface area contributed by atoms with Crippen LogP contribution in [0.5, 0.6) is 5.75 Å². The Kier molecular flexibility index (Phi) is 7.59. The van der Waals surface area contributed by atoms with Crippen LogP contribution in [0, 0.1) is 6.92 Å². The topological polar surface area (TPSA) is 72.4 Å². The molecule has 1 saturated heterocycles. The average Bonchev–Trinajstić information content (AvgIpc) is 2.82. The standard InChI is InChI=1S/C24H26F3N5O2/c1-17-30-22(14-23(31-17)29-7-2-8-32-9-11-33-12-10-32)20-13-19(15-28-16-20)18-3-5-21(6-4-18)34-24(25,26)27/h3-6,13-16H,2,7-12H2,1H3,(H,29,30,31). The van der Waals surface area contributed by atoms with E-state index in [9.17, 15) is 13.2 Å². The minimum absolute atomic E-state index is 0.267. The van der Waals surface area contributed by atoms with Crippen LogP contribution in [0.15, 0.2) is 48.8 Å². The number of alkyl halides is 3. The van der Waals surface area contributed by atoms with Crippen molar-refractivity contribution in [1.82, 2.24) is 19.9 Å². The number of nitrogens with one attached hydrogen (secondary N) is 1. The molecule has 2 aromatic heterocycles. The predicted molar refractivity (Wildman–Crippen MR) is 122 cm³/mol. The highest BCUT2D eigenvalue weighted by molar-refractivity contribution is 5.71. The van der Waals surface area contributed by atoms with Crippen LogP contribution >= 0.6 is 0 Å². The third-order valence-electron chi connectivity index (χ3n) is 5.35. The van der Waals surface area contributed by atoms with Gasteiger partial charge >= 0.3 is 6.36 Å². The summed E-state index contributed by atoms with van der Waals surface area (Å²) in [5.41, 5.74) is 2.98. The summed E-state index contributed by atoms with van der Waals surface area (Å²) in [4.78, 5) is 15.7. The summed E-state index contributed by atoms with van der Waals surface area (Å²) in [6.45, 7) is 7.15. The molecule has 4 rings (SSSR count). The van der Waals surface area contributed by atoms with Gasteiger partial charge in [-0.15, -0.1) is 13.2 Å². The Morgan fingerprint density at radius 3 is 2.47 bits per heavy atom. The van der Waals surface area contributed by atoms with Gasteiger partial charge in [0.05, 0.1) is 18.9 Å². The molecule has 1 aliphatic rings. The lowest BCUT2D eigenvalue weighted by Gasteiger charge is -2.26. The van der Waals surface area contributed by atoms with E-state index in [0.29, 0.717) is 5.82 Å². The van der Waals surface area contributed by atoms with Gasteiger partial charge in [0.1, 0.15) is 17.4 Å². The van der Waals surface area contributed by atoms with Crippen molar-refractivity contribution in [3.05, 3.63) is 54.6 Å². The Balaban J connectivity index is 1.42. The van der Waals surface area contributed by atoms with E-state index in [0.717, 1.165) is 74.0 Å². The monoisotopic (exact) mass is 473 g/mol. The van der Waals surface area contributed by atoms with Crippen LogP contribution < -0.4 is 10.1 Å². The van der Waals surface area contributed by atoms with Crippen LogP contribution in [0.3, 0.4) is 0 Å². The molecule has 10 heteroatoms. The number of aryl methyl sites for hydroxylation is 1. The SMILES string of the molecule is Cc1nc(NCCCN2CCOCC2)cc(-c2cncc(-c3ccc(OC(F)(F)F)cc3)c2)n1. The summed E-state index contributed by atoms with van der Waals surface area (Å²) < 4.78 is 46.5. The van der Waals surface area contributed by atoms with Crippen LogP contribution in [0.4, 0.5) is 19.0 Å². The molecule has 0 radical (unpaired) electrons. The number of benzene rings is 1. The third-order valence-corrected chi connectivity index (χ3v) is 5.35. The number of nitrogens with zero attached hydrogens (tertiary/aromatic N) is 4. The Morgan fingerprint density at radius 2 is 1.74 bits per heavy atom. The highest BCUT2D eigenvalue weighted by atomic mass is 19.4. The first kappa shape index (κ1) is 23.9. The highest BCUT2D eigenvalue weighted by Crippen LogP contribution is 2.28. The van der Waals surface area contributed by atoms with E-state index in [1.807, 2.05) is 19.1 Å². The lowest BCUT2D eigenvalue weighted by molar-refractivity contribution is -0.274. The van der Waals surface area contributed by atoms with Crippen molar-refractivity contribution >= 4 is 5.82 Å². The van der Waals surface area contributed by atoms with Crippen LogP contribution in [-0.2, 0) is 4.74 Å². The number of ether oxygens (including phenoxy) is 2. The summed E-state index contributed by atoms with van der Waals surface area (Å²) >= 11 is 0. The maximum absolute atomic E-state index is 12.4. The molecule has 0 unspecified atom stereocenters. The highest BCUT2D eigenvalue weighted by Gasteiger charge is 2.31. The Bertz CT molecular complexity index is 1090. The lowest BCUT2D eigenvalue weighted by atomic mass is 10.0. The normalized spacial score (nSPS) is 14.7. The number of halogens is 3. The lowest BCUT2D eigenvalue weighted by Crippen LogP contribution is -2.37. The molecular weight excluding hydrogens is 447 g/mol. The molecule has 0 aliphatic carbocycles. The molecule has 1 N–H and O–H groups in total. The summed E-state index contributed by atoms with van der Waals surface area (Å²) in [5.74, 6) is 1.10. The van der Waals surface area contributed by atoms with Crippen LogP contribution in [0.1, 0.15) is 12.2 Å². The molecule has 7 nitrogen and oxygen atoms in total. The number of hydrogen-bond acceptors (Lipinski definition) is 7. The summed E-state index contributed by atoms with van der Waals surface area (Å²) in [5, 5.41) is 3.37. The number of pyridine rings is 1. The van der Waals surface area contributed by atoms with Gasteiger partial charge in [0, 0.05) is 49.2 Å². The Labute approximate surface area is 196 Å². The molecule has 1 aromatic carbocycles. The predicted octanol–water partition coefficient (Wildman–Crippen LogP) is 4.55. The molecule has 1 fully saturated rings. The first-order valence-corrected chi connectivity index (χ1v) is 11.1. The maximum Gasteiger partial charge on any atom is 0.573 e. The van der Waals surface area contributed by atoms with Crippen LogP contribution in [0.25, 0.3) is 22.4 Å². The second kappa shape index (κ2) is 10.8. The van der Waals surface area contributed by atoms with Gasteiger partial charge in [-0.25, -0.2) is 9.97 Å². The van der Waals surface area contributed by atoms with E-state index >= 15 is 0 Å². The van der Waals surface area contributed by atoms with E-state index in [1.54, 1.807) is 24.5 Å². The second-order valence-electron chi connectivity index (χ2n) is 7.95. The van der Waals surface area contributed by atoms with Gasteiger partial charge < -0.3 is 14.8 Å². The minimum Gasteiger partial charge on any atom is -0.406 e. The van der Waals surface area contributed by atoms with Gasteiger partial charge in [0.15, 0.2) is 0 Å². The number of morpholine rings is 1. The van der Waals surface area contributed by atoms with Crippen molar-refractivity contribution < 1.29 is 22.6 Å². The first-order valence-electron chi connectivity index (χ1n) is 11.1. The molecule has 34 heavy (non-hydrogen) atoms. The maximum atomic E-state index is 12.4. The average molecular weight is 473 g/mol. The number of aromatic nitrogens is 3. The van der Waals surface area contributed by atoms with Crippen molar-refractivity contribution in [2.45, 2.75) is 19.7 Å². The zero-order valence-corrected chi connectivity index (χ0v) is 18.8. The third kappa shape index (κ3) is 6.88. The van der Waals surface area contributed by atoms with Crippen LogP contribution in [-0.4, -0.2) is 65.6 Å². The summed E-state index contributed by atoms with van der Waals surface area (Å²) in [6, 6.07) is 9.47. The fraction of sp³-hybridized carbons (Fsp3) is 0.375. The van der Waals surface area contributed by atoms with Crippen molar-refractivity contribution in [2.24, 2.45) is 0 Å². The fourth-order valence-electron chi connectivity index (χ4n) is 3.74. The first-order chi connectivity index (χ1) is 16.4. The molecule has 0 spiro atoms. The van der Waals surface area contributed by atoms with Gasteiger partial charge in [-0.3, -0.25) is 9.88 Å². The van der Waals surface area contributed by atoms with Gasteiger partial charge in [-0.2, -0.15) is 0 Å². The number of hydrogen-bond donors (Lipinski definition) is 1. The quantitative estimate of drug-likeness (QED) is 0.482. The van der Waals surface area contributed by atoms with E-state index < -0.39 is 6.36 Å². The zero-order chi connectivity index (χ0) is 24.0. The van der Waals surface area contributed by atoms with Gasteiger partial charge in [0.25, 0.3) is 0 Å². The largest absolute Gasteiger partial charge is 0.573 e. The molecule has 0 bridgehead atoms. The molecule has 1 aliphatic heterocycles. The molecule has 0 amide bonds. The number of anilines is 1. The van der Waals surface area contributed by atoms with E-state index in [4.69, 9.17) is 4.74 Å². The Hall–Kier alpha value is -3.24. The van der Waals surface area contributed by atoms with Gasteiger partial charge in [0.2, 0.25) is 0 Å². The molecular formula is C24H26F3N5O2. The molecule has 3 aromatic rings. The minimum atomic E-state index is -4.72. The summed E-state index contributed by atoms with van der Waals surface area (Å²) in [6.07, 6.45) is -0.373. The zero-order valence-electron chi connectivity index (χ0n) is 18.8. The van der Waals surface area contributed by atoms with Crippen molar-refractivity contribution in [3.63, 3.8) is 0 Å². The Morgan fingerprint density at radius 1 is 1.00 bits per heavy atom. The fourth-order valence-corrected chi connectivity index (χ4v) is 3.74. The van der Waals surface area contributed by atoms with E-state index in [2.05, 4.69) is 29.9 Å². The second-order valence-corrected chi connectivity index (χ2v) is 7.95. The van der Waals surface area contributed by atoms with E-state index in [-0.39, 0.29) is 5.75 Å². The van der Waals surface area contributed by atoms with E-state index in [1.165, 1.54) is 12.1 Å². The number of rotatable bonds is 8. The summed E-state index contributed by atoms with van der Waals surface area (Å²) in [7, 11) is 0.